The Kier molecular flexibility index (Phi) is 15.6. The van der Waals surface area contributed by atoms with Crippen LogP contribution >= 0.6 is 0 Å². The molecule has 5 amide bonds. The molecule has 35 heavy (non-hydrogen) atoms. The first-order valence-corrected chi connectivity index (χ1v) is 11.3. The quantitative estimate of drug-likeness (QED) is 0.0768. The van der Waals surface area contributed by atoms with Crippen molar-refractivity contribution >= 4 is 35.5 Å². The fourth-order valence-corrected chi connectivity index (χ4v) is 3.06. The van der Waals surface area contributed by atoms with E-state index >= 15 is 0 Å². The molecule has 0 saturated heterocycles. The largest absolute Gasteiger partial charge is 0.480 e. The second kappa shape index (κ2) is 17.2. The summed E-state index contributed by atoms with van der Waals surface area (Å²) < 4.78 is 0. The summed E-state index contributed by atoms with van der Waals surface area (Å²) in [5.41, 5.74) is 26.7. The average molecular weight is 503 g/mol. The minimum absolute atomic E-state index is 0.113. The van der Waals surface area contributed by atoms with E-state index in [0.29, 0.717) is 38.8 Å². The normalized spacial score (nSPS) is 14.1. The van der Waals surface area contributed by atoms with Crippen molar-refractivity contribution in [3.63, 3.8) is 0 Å². The number of amides is 5. The van der Waals surface area contributed by atoms with Gasteiger partial charge in [-0.05, 0) is 51.6 Å². The average Bonchev–Trinajstić information content (AvgIpc) is 2.76. The Morgan fingerprint density at radius 1 is 0.629 bits per heavy atom. The van der Waals surface area contributed by atoms with Crippen molar-refractivity contribution in [3.8, 4) is 0 Å². The molecule has 0 rings (SSSR count). The van der Waals surface area contributed by atoms with E-state index in [4.69, 9.17) is 28.7 Å². The maximum atomic E-state index is 13.0. The number of hydrogen-bond donors (Lipinski definition) is 9. The van der Waals surface area contributed by atoms with Gasteiger partial charge in [0.2, 0.25) is 29.5 Å². The number of carboxylic acid groups (broad SMARTS) is 1. The highest BCUT2D eigenvalue weighted by Crippen LogP contribution is 2.07. The molecule has 0 radical (unpaired) electrons. The van der Waals surface area contributed by atoms with Crippen molar-refractivity contribution in [2.75, 3.05) is 13.1 Å². The summed E-state index contributed by atoms with van der Waals surface area (Å²) in [6.45, 7) is 0.682. The Hall–Kier alpha value is -3.30. The van der Waals surface area contributed by atoms with Crippen molar-refractivity contribution in [1.29, 1.82) is 0 Å². The Morgan fingerprint density at radius 3 is 1.40 bits per heavy atom. The number of carboxylic acids is 1. The summed E-state index contributed by atoms with van der Waals surface area (Å²) in [7, 11) is 0. The maximum Gasteiger partial charge on any atom is 0.326 e. The molecule has 15 nitrogen and oxygen atoms in total. The predicted octanol–water partition coefficient (Wildman–Crippen LogP) is -4.14. The predicted molar refractivity (Wildman–Crippen MR) is 125 cm³/mol. The molecule has 4 atom stereocenters. The molecule has 0 fully saturated rings. The molecule has 0 aromatic rings. The third-order valence-corrected chi connectivity index (χ3v) is 4.94. The van der Waals surface area contributed by atoms with Gasteiger partial charge in [0.05, 0.1) is 18.9 Å². The lowest BCUT2D eigenvalue weighted by molar-refractivity contribution is -0.143. The number of rotatable bonds is 19. The molecule has 0 saturated carbocycles. The number of primary amides is 2. The zero-order valence-electron chi connectivity index (χ0n) is 19.7. The molecule has 4 unspecified atom stereocenters. The van der Waals surface area contributed by atoms with Crippen molar-refractivity contribution < 1.29 is 33.9 Å². The van der Waals surface area contributed by atoms with Crippen LogP contribution in [0.5, 0.6) is 0 Å². The van der Waals surface area contributed by atoms with E-state index in [1.165, 1.54) is 0 Å². The summed E-state index contributed by atoms with van der Waals surface area (Å²) in [4.78, 5) is 71.6. The van der Waals surface area contributed by atoms with Gasteiger partial charge in [-0.15, -0.1) is 0 Å². The summed E-state index contributed by atoms with van der Waals surface area (Å²) in [6.07, 6.45) is 1.18. The number of hydrogen-bond acceptors (Lipinski definition) is 9. The van der Waals surface area contributed by atoms with Gasteiger partial charge in [0, 0.05) is 0 Å². The molecule has 0 aromatic heterocycles. The Labute approximate surface area is 203 Å². The monoisotopic (exact) mass is 502 g/mol. The number of carbonyl (C=O) groups excluding carboxylic acids is 5. The molecule has 0 aliphatic carbocycles. The summed E-state index contributed by atoms with van der Waals surface area (Å²) in [5, 5.41) is 16.4. The van der Waals surface area contributed by atoms with E-state index < -0.39 is 72.5 Å². The van der Waals surface area contributed by atoms with Crippen LogP contribution in [0.4, 0.5) is 0 Å². The van der Waals surface area contributed by atoms with Crippen LogP contribution in [0.1, 0.15) is 51.4 Å². The highest BCUT2D eigenvalue weighted by Gasteiger charge is 2.30. The van der Waals surface area contributed by atoms with Gasteiger partial charge in [-0.2, -0.15) is 0 Å². The molecule has 15 heteroatoms. The molecule has 0 aromatic carbocycles. The molecular weight excluding hydrogens is 464 g/mol. The van der Waals surface area contributed by atoms with Crippen molar-refractivity contribution in [2.45, 2.75) is 75.5 Å². The minimum atomic E-state index is -1.58. The number of aliphatic carboxylic acids is 1. The fourth-order valence-electron chi connectivity index (χ4n) is 3.06. The summed E-state index contributed by atoms with van der Waals surface area (Å²) in [6, 6.07) is -5.15. The maximum absolute atomic E-state index is 13.0. The Bertz CT molecular complexity index is 749. The fraction of sp³-hybridized carbons (Fsp3) is 0.700. The van der Waals surface area contributed by atoms with Crippen LogP contribution in [0.15, 0.2) is 0 Å². The van der Waals surface area contributed by atoms with E-state index in [1.54, 1.807) is 0 Å². The molecule has 0 heterocycles. The zero-order valence-corrected chi connectivity index (χ0v) is 19.7. The molecule has 200 valence electrons. The Morgan fingerprint density at radius 2 is 1.03 bits per heavy atom. The van der Waals surface area contributed by atoms with Gasteiger partial charge in [0.15, 0.2) is 0 Å². The smallest absolute Gasteiger partial charge is 0.326 e. The second-order valence-corrected chi connectivity index (χ2v) is 8.04. The SMILES string of the molecule is NCCCCC(NC(=O)C(N)CC(N)=O)C(=O)NC(CCCCN)C(=O)NC(CC(N)=O)C(=O)O. The number of nitrogens with two attached hydrogens (primary N) is 5. The number of carbonyl (C=O) groups is 6. The van der Waals surface area contributed by atoms with Gasteiger partial charge in [0.25, 0.3) is 0 Å². The van der Waals surface area contributed by atoms with E-state index in [0.717, 1.165) is 0 Å². The van der Waals surface area contributed by atoms with Crippen molar-refractivity contribution in [1.82, 2.24) is 16.0 Å². The number of unbranched alkanes of at least 4 members (excludes halogenated alkanes) is 2. The van der Waals surface area contributed by atoms with Crippen molar-refractivity contribution in [2.24, 2.45) is 28.7 Å². The topological polar surface area (TPSA) is 289 Å². The van der Waals surface area contributed by atoms with Gasteiger partial charge in [-0.1, -0.05) is 0 Å². The van der Waals surface area contributed by atoms with Crippen LogP contribution in [0.25, 0.3) is 0 Å². The van der Waals surface area contributed by atoms with E-state index in [1.807, 2.05) is 0 Å². The third-order valence-electron chi connectivity index (χ3n) is 4.94. The highest BCUT2D eigenvalue weighted by atomic mass is 16.4. The third kappa shape index (κ3) is 13.9. The number of nitrogens with one attached hydrogen (secondary N) is 3. The first-order valence-electron chi connectivity index (χ1n) is 11.3. The lowest BCUT2D eigenvalue weighted by atomic mass is 10.0. The van der Waals surface area contributed by atoms with Crippen LogP contribution in [-0.4, -0.2) is 77.9 Å². The molecule has 0 aliphatic heterocycles. The zero-order chi connectivity index (χ0) is 27.0. The minimum Gasteiger partial charge on any atom is -0.480 e. The lowest BCUT2D eigenvalue weighted by Gasteiger charge is -2.25. The van der Waals surface area contributed by atoms with Gasteiger partial charge >= 0.3 is 5.97 Å². The van der Waals surface area contributed by atoms with Gasteiger partial charge in [-0.25, -0.2) is 4.79 Å². The molecular formula is C20H38N8O7. The second-order valence-electron chi connectivity index (χ2n) is 8.04. The summed E-state index contributed by atoms with van der Waals surface area (Å²) >= 11 is 0. The standard InChI is InChI=1S/C20H38N8O7/c21-7-3-1-5-12(26-17(31)11(23)9-15(24)29)18(32)27-13(6-2-4-8-22)19(33)28-14(20(34)35)10-16(25)30/h11-14H,1-10,21-23H2,(H2,24,29)(H2,25,30)(H,26,31)(H,27,32)(H,28,33)(H,34,35). The highest BCUT2D eigenvalue weighted by molar-refractivity contribution is 5.95. The first-order chi connectivity index (χ1) is 16.4. The van der Waals surface area contributed by atoms with Crippen molar-refractivity contribution in [3.05, 3.63) is 0 Å². The van der Waals surface area contributed by atoms with Gasteiger partial charge in [-0.3, -0.25) is 24.0 Å². The molecule has 0 spiro atoms. The van der Waals surface area contributed by atoms with E-state index in [-0.39, 0.29) is 12.8 Å². The van der Waals surface area contributed by atoms with Crippen LogP contribution in [0.2, 0.25) is 0 Å². The van der Waals surface area contributed by atoms with Gasteiger partial charge in [0.1, 0.15) is 18.1 Å². The first kappa shape index (κ1) is 31.7. The summed E-state index contributed by atoms with van der Waals surface area (Å²) in [5.74, 6) is -5.56. The van der Waals surface area contributed by atoms with Crippen LogP contribution in [0, 0.1) is 0 Å². The van der Waals surface area contributed by atoms with Crippen LogP contribution in [0.3, 0.4) is 0 Å². The van der Waals surface area contributed by atoms with Crippen LogP contribution < -0.4 is 44.6 Å². The molecule has 14 N–H and O–H groups in total. The molecule has 0 aliphatic rings. The molecule has 0 bridgehead atoms. The lowest BCUT2D eigenvalue weighted by Crippen LogP contribution is -2.57. The van der Waals surface area contributed by atoms with Crippen LogP contribution in [-0.2, 0) is 28.8 Å². The van der Waals surface area contributed by atoms with Gasteiger partial charge < -0.3 is 49.7 Å². The van der Waals surface area contributed by atoms with E-state index in [9.17, 15) is 33.9 Å². The van der Waals surface area contributed by atoms with E-state index in [2.05, 4.69) is 16.0 Å². The Balaban J connectivity index is 5.55.